The molecule has 1 heteroatoms. The zero-order valence-electron chi connectivity index (χ0n) is 7.60. The third kappa shape index (κ3) is 9.15. The van der Waals surface area contributed by atoms with E-state index < -0.39 is 6.67 Å². The van der Waals surface area contributed by atoms with Gasteiger partial charge in [-0.1, -0.05) is 44.7 Å². The topological polar surface area (TPSA) is 0 Å². The predicted octanol–water partition coefficient (Wildman–Crippen LogP) is 3.67. The molecule has 0 atom stereocenters. The van der Waals surface area contributed by atoms with E-state index >= 15 is 0 Å². The van der Waals surface area contributed by atoms with E-state index in [1.165, 1.54) is 0 Å². The lowest BCUT2D eigenvalue weighted by Gasteiger charge is -1.87. The summed E-state index contributed by atoms with van der Waals surface area (Å²) >= 11 is 0. The Morgan fingerprint density at radius 3 is 2.27 bits per heavy atom. The highest BCUT2D eigenvalue weighted by Crippen LogP contribution is 1.96. The Morgan fingerprint density at radius 2 is 2.00 bits per heavy atom. The van der Waals surface area contributed by atoms with Gasteiger partial charge in [-0.25, -0.2) is 4.39 Å². The Bertz CT molecular complexity index is 132. The van der Waals surface area contributed by atoms with E-state index in [1.807, 2.05) is 20.8 Å². The maximum Gasteiger partial charge on any atom is 0.114 e. The van der Waals surface area contributed by atoms with Crippen LogP contribution in [0.1, 0.15) is 20.8 Å². The van der Waals surface area contributed by atoms with Crippen LogP contribution in [-0.2, 0) is 0 Å². The molecule has 0 N–H and O–H groups in total. The van der Waals surface area contributed by atoms with Crippen molar-refractivity contribution in [2.45, 2.75) is 20.8 Å². The molecule has 0 aliphatic carbocycles. The highest BCUT2D eigenvalue weighted by Gasteiger charge is 1.83. The molecule has 11 heavy (non-hydrogen) atoms. The maximum atomic E-state index is 11.8. The third-order valence-corrected chi connectivity index (χ3v) is 0.971. The molecule has 0 aromatic heterocycles. The van der Waals surface area contributed by atoms with Crippen molar-refractivity contribution in [3.8, 4) is 0 Å². The van der Waals surface area contributed by atoms with Crippen LogP contribution in [0, 0.1) is 0 Å². The monoisotopic (exact) mass is 156 g/mol. The Morgan fingerprint density at radius 1 is 1.45 bits per heavy atom. The van der Waals surface area contributed by atoms with Gasteiger partial charge >= 0.3 is 0 Å². The van der Waals surface area contributed by atoms with Crippen LogP contribution in [0.3, 0.4) is 0 Å². The molecule has 0 aliphatic rings. The quantitative estimate of drug-likeness (QED) is 0.547. The summed E-state index contributed by atoms with van der Waals surface area (Å²) in [6, 6.07) is 0. The summed E-state index contributed by atoms with van der Waals surface area (Å²) in [5.74, 6) is 0. The highest BCUT2D eigenvalue weighted by molar-refractivity contribution is 5.20. The standard InChI is InChI=1S/C8H11F.C2H6/c1-3-5-6-8(4-2)7-9;1-2/h3-6H,1,7H2,2H3;1-2H3/b6-5-,8-4+;. The summed E-state index contributed by atoms with van der Waals surface area (Å²) in [7, 11) is 0. The fourth-order valence-corrected chi connectivity index (χ4v) is 0.410. The normalized spacial score (nSPS) is 10.7. The summed E-state index contributed by atoms with van der Waals surface area (Å²) in [5, 5.41) is 0. The summed E-state index contributed by atoms with van der Waals surface area (Å²) in [4.78, 5) is 0. The van der Waals surface area contributed by atoms with Crippen molar-refractivity contribution >= 4 is 0 Å². The fourth-order valence-electron chi connectivity index (χ4n) is 0.410. The summed E-state index contributed by atoms with van der Waals surface area (Å²) < 4.78 is 11.8. The van der Waals surface area contributed by atoms with E-state index in [4.69, 9.17) is 0 Å². The second-order valence-electron chi connectivity index (χ2n) is 1.59. The van der Waals surface area contributed by atoms with Gasteiger partial charge in [-0.15, -0.1) is 0 Å². The Kier molecular flexibility index (Phi) is 13.8. The van der Waals surface area contributed by atoms with E-state index in [9.17, 15) is 4.39 Å². The average Bonchev–Trinajstić information content (AvgIpc) is 2.10. The molecule has 0 fully saturated rings. The van der Waals surface area contributed by atoms with Crippen molar-refractivity contribution < 1.29 is 4.39 Å². The fraction of sp³-hybridized carbons (Fsp3) is 0.400. The molecule has 0 spiro atoms. The van der Waals surface area contributed by atoms with Crippen LogP contribution in [0.25, 0.3) is 0 Å². The molecule has 0 saturated carbocycles. The Balaban J connectivity index is 0. The van der Waals surface area contributed by atoms with Crippen molar-refractivity contribution in [1.82, 2.24) is 0 Å². The molecule has 0 aliphatic heterocycles. The second kappa shape index (κ2) is 11.9. The smallest absolute Gasteiger partial charge is 0.114 e. The molecule has 0 aromatic rings. The molecule has 64 valence electrons. The zero-order chi connectivity index (χ0) is 9.11. The van der Waals surface area contributed by atoms with Gasteiger partial charge in [-0.3, -0.25) is 0 Å². The first-order valence-electron chi connectivity index (χ1n) is 3.85. The predicted molar refractivity (Wildman–Crippen MR) is 50.4 cm³/mol. The lowest BCUT2D eigenvalue weighted by atomic mass is 10.2. The van der Waals surface area contributed by atoms with E-state index in [0.29, 0.717) is 5.57 Å². The molecular formula is C10H17F. The van der Waals surface area contributed by atoms with Gasteiger partial charge in [0.05, 0.1) is 0 Å². The van der Waals surface area contributed by atoms with Gasteiger partial charge in [0.1, 0.15) is 6.67 Å². The van der Waals surface area contributed by atoms with Gasteiger partial charge in [0.25, 0.3) is 0 Å². The number of alkyl halides is 1. The number of rotatable bonds is 3. The van der Waals surface area contributed by atoms with Crippen molar-refractivity contribution in [2.24, 2.45) is 0 Å². The lowest BCUT2D eigenvalue weighted by molar-refractivity contribution is 0.549. The third-order valence-electron chi connectivity index (χ3n) is 0.971. The molecule has 0 aromatic carbocycles. The van der Waals surface area contributed by atoms with Crippen LogP contribution in [0.15, 0.2) is 36.5 Å². The SMILES string of the molecule is C=C/C=C\C(=C/C)CF.CC. The van der Waals surface area contributed by atoms with Crippen molar-refractivity contribution in [3.05, 3.63) is 36.5 Å². The molecule has 0 bridgehead atoms. The number of hydrogen-bond acceptors (Lipinski definition) is 0. The maximum absolute atomic E-state index is 11.8. The molecule has 0 saturated heterocycles. The number of halogens is 1. The number of hydrogen-bond donors (Lipinski definition) is 0. The Hall–Kier alpha value is -0.850. The van der Waals surface area contributed by atoms with Crippen LogP contribution >= 0.6 is 0 Å². The second-order valence-corrected chi connectivity index (χ2v) is 1.59. The average molecular weight is 156 g/mol. The molecule has 0 rings (SSSR count). The van der Waals surface area contributed by atoms with Gasteiger partial charge < -0.3 is 0 Å². The largest absolute Gasteiger partial charge is 0.246 e. The van der Waals surface area contributed by atoms with Crippen molar-refractivity contribution in [1.29, 1.82) is 0 Å². The highest BCUT2D eigenvalue weighted by atomic mass is 19.1. The van der Waals surface area contributed by atoms with Gasteiger partial charge in [0, 0.05) is 0 Å². The first-order valence-corrected chi connectivity index (χ1v) is 3.85. The van der Waals surface area contributed by atoms with E-state index in [2.05, 4.69) is 6.58 Å². The number of allylic oxidation sites excluding steroid dienone is 5. The first-order chi connectivity index (χ1) is 5.35. The van der Waals surface area contributed by atoms with Crippen molar-refractivity contribution in [2.75, 3.05) is 6.67 Å². The molecule has 0 heterocycles. The van der Waals surface area contributed by atoms with Crippen LogP contribution in [0.2, 0.25) is 0 Å². The molecule has 0 nitrogen and oxygen atoms in total. The van der Waals surface area contributed by atoms with Crippen LogP contribution < -0.4 is 0 Å². The van der Waals surface area contributed by atoms with Crippen molar-refractivity contribution in [3.63, 3.8) is 0 Å². The molecule has 0 amide bonds. The minimum atomic E-state index is -0.402. The first kappa shape index (κ1) is 12.8. The van der Waals surface area contributed by atoms with E-state index in [1.54, 1.807) is 24.3 Å². The minimum absolute atomic E-state index is 0.402. The van der Waals surface area contributed by atoms with Gasteiger partial charge in [-0.2, -0.15) is 0 Å². The molecule has 0 unspecified atom stereocenters. The Labute approximate surface area is 69.1 Å². The van der Waals surface area contributed by atoms with Gasteiger partial charge in [0.2, 0.25) is 0 Å². The molecular weight excluding hydrogens is 139 g/mol. The summed E-state index contributed by atoms with van der Waals surface area (Å²) in [5.41, 5.74) is 0.690. The van der Waals surface area contributed by atoms with E-state index in [0.717, 1.165) is 0 Å². The van der Waals surface area contributed by atoms with Crippen LogP contribution in [-0.4, -0.2) is 6.67 Å². The lowest BCUT2D eigenvalue weighted by Crippen LogP contribution is -1.76. The van der Waals surface area contributed by atoms with Crippen LogP contribution in [0.4, 0.5) is 4.39 Å². The minimum Gasteiger partial charge on any atom is -0.246 e. The van der Waals surface area contributed by atoms with Gasteiger partial charge in [0.15, 0.2) is 0 Å². The molecule has 0 radical (unpaired) electrons. The summed E-state index contributed by atoms with van der Waals surface area (Å²) in [6.45, 7) is 8.87. The van der Waals surface area contributed by atoms with E-state index in [-0.39, 0.29) is 0 Å². The zero-order valence-corrected chi connectivity index (χ0v) is 7.60. The summed E-state index contributed by atoms with van der Waals surface area (Å²) in [6.07, 6.45) is 6.78. The van der Waals surface area contributed by atoms with Crippen LogP contribution in [0.5, 0.6) is 0 Å². The van der Waals surface area contributed by atoms with Gasteiger partial charge in [-0.05, 0) is 12.5 Å².